The maximum Gasteiger partial charge on any atom is 0.410 e. The molecule has 0 bridgehead atoms. The number of benzene rings is 2. The van der Waals surface area contributed by atoms with Gasteiger partial charge in [0.1, 0.15) is 5.60 Å². The van der Waals surface area contributed by atoms with Gasteiger partial charge in [0.15, 0.2) is 5.78 Å². The van der Waals surface area contributed by atoms with Crippen LogP contribution in [0.3, 0.4) is 0 Å². The highest BCUT2D eigenvalue weighted by atomic mass is 16.6. The number of anilines is 1. The van der Waals surface area contributed by atoms with Gasteiger partial charge in [-0.2, -0.15) is 0 Å². The molecule has 0 radical (unpaired) electrons. The standard InChI is InChI=1S/C26H31N3O4/c1-19(30)21-8-10-23(11-9-21)27-24(31)17-28-14-12-22(13-15-28)26(2)18-29(25(32)33-26)16-20-6-4-3-5-7-20/h3-11,22H,12-18H2,1-2H3,(H,27,31)/t26-/m0/s1. The second-order valence-electron chi connectivity index (χ2n) is 9.25. The average Bonchev–Trinajstić information content (AvgIpc) is 3.09. The van der Waals surface area contributed by atoms with Crippen molar-refractivity contribution < 1.29 is 19.1 Å². The number of carbonyl (C=O) groups is 3. The zero-order valence-electron chi connectivity index (χ0n) is 19.3. The molecule has 0 unspecified atom stereocenters. The van der Waals surface area contributed by atoms with Crippen molar-refractivity contribution in [2.45, 2.75) is 38.8 Å². The second kappa shape index (κ2) is 9.75. The third-order valence-electron chi connectivity index (χ3n) is 6.69. The molecule has 2 aliphatic heterocycles. The van der Waals surface area contributed by atoms with Gasteiger partial charge in [-0.1, -0.05) is 30.3 Å². The predicted octanol–water partition coefficient (Wildman–Crippen LogP) is 3.95. The van der Waals surface area contributed by atoms with Crippen molar-refractivity contribution in [1.29, 1.82) is 0 Å². The fourth-order valence-corrected chi connectivity index (χ4v) is 4.77. The van der Waals surface area contributed by atoms with Crippen LogP contribution >= 0.6 is 0 Å². The van der Waals surface area contributed by atoms with Gasteiger partial charge in [0.05, 0.1) is 13.1 Å². The van der Waals surface area contributed by atoms with Crippen molar-refractivity contribution in [3.05, 3.63) is 65.7 Å². The number of hydrogen-bond donors (Lipinski definition) is 1. The number of ketones is 1. The minimum absolute atomic E-state index is 0.000530. The Labute approximate surface area is 194 Å². The van der Waals surface area contributed by atoms with Crippen molar-refractivity contribution in [2.24, 2.45) is 5.92 Å². The number of likely N-dealkylation sites (tertiary alicyclic amines) is 1. The lowest BCUT2D eigenvalue weighted by Gasteiger charge is -2.38. The first kappa shape index (κ1) is 23.0. The minimum atomic E-state index is -0.501. The summed E-state index contributed by atoms with van der Waals surface area (Å²) in [4.78, 5) is 40.3. The minimum Gasteiger partial charge on any atom is -0.441 e. The summed E-state index contributed by atoms with van der Waals surface area (Å²) in [5.74, 6) is 0.192. The van der Waals surface area contributed by atoms with E-state index in [4.69, 9.17) is 4.74 Å². The lowest BCUT2D eigenvalue weighted by atomic mass is 9.81. The summed E-state index contributed by atoms with van der Waals surface area (Å²) < 4.78 is 5.86. The molecule has 2 aliphatic rings. The fourth-order valence-electron chi connectivity index (χ4n) is 4.77. The van der Waals surface area contributed by atoms with Crippen molar-refractivity contribution in [1.82, 2.24) is 9.80 Å². The number of nitrogens with one attached hydrogen (secondary N) is 1. The normalized spacial score (nSPS) is 21.6. The molecule has 0 saturated carbocycles. The lowest BCUT2D eigenvalue weighted by molar-refractivity contribution is -0.117. The van der Waals surface area contributed by atoms with Crippen LogP contribution in [-0.4, -0.2) is 59.4 Å². The molecule has 33 heavy (non-hydrogen) atoms. The summed E-state index contributed by atoms with van der Waals surface area (Å²) in [5, 5.41) is 2.90. The Morgan fingerprint density at radius 2 is 1.73 bits per heavy atom. The number of rotatable bonds is 7. The zero-order valence-corrected chi connectivity index (χ0v) is 19.3. The van der Waals surface area contributed by atoms with E-state index in [9.17, 15) is 14.4 Å². The van der Waals surface area contributed by atoms with E-state index in [0.717, 1.165) is 31.5 Å². The summed E-state index contributed by atoms with van der Waals surface area (Å²) in [6.07, 6.45) is 1.51. The molecule has 0 aliphatic carbocycles. The molecular weight excluding hydrogens is 418 g/mol. The Kier molecular flexibility index (Phi) is 6.79. The van der Waals surface area contributed by atoms with Crippen LogP contribution in [-0.2, 0) is 16.1 Å². The van der Waals surface area contributed by atoms with Gasteiger partial charge < -0.3 is 10.1 Å². The summed E-state index contributed by atoms with van der Waals surface area (Å²) in [6, 6.07) is 16.9. The van der Waals surface area contributed by atoms with E-state index in [-0.39, 0.29) is 23.7 Å². The van der Waals surface area contributed by atoms with Gasteiger partial charge in [-0.3, -0.25) is 19.4 Å². The van der Waals surface area contributed by atoms with Gasteiger partial charge in [-0.25, -0.2) is 4.79 Å². The number of piperidine rings is 1. The molecule has 0 aromatic heterocycles. The Morgan fingerprint density at radius 3 is 2.36 bits per heavy atom. The quantitative estimate of drug-likeness (QED) is 0.648. The number of ether oxygens (including phenoxy) is 1. The van der Waals surface area contributed by atoms with Crippen molar-refractivity contribution in [3.8, 4) is 0 Å². The third-order valence-corrected chi connectivity index (χ3v) is 6.69. The maximum atomic E-state index is 12.5. The van der Waals surface area contributed by atoms with Gasteiger partial charge >= 0.3 is 6.09 Å². The average molecular weight is 450 g/mol. The molecule has 0 spiro atoms. The molecule has 2 fully saturated rings. The van der Waals surface area contributed by atoms with Crippen molar-refractivity contribution >= 4 is 23.5 Å². The molecule has 1 atom stereocenters. The second-order valence-corrected chi connectivity index (χ2v) is 9.25. The molecule has 2 amide bonds. The lowest BCUT2D eigenvalue weighted by Crippen LogP contribution is -2.47. The number of hydrogen-bond acceptors (Lipinski definition) is 5. The number of nitrogens with zero attached hydrogens (tertiary/aromatic N) is 2. The largest absolute Gasteiger partial charge is 0.441 e. The molecule has 7 heteroatoms. The predicted molar refractivity (Wildman–Crippen MR) is 126 cm³/mol. The Bertz CT molecular complexity index is 1000. The molecule has 2 aromatic rings. The van der Waals surface area contributed by atoms with Crippen LogP contribution in [0.2, 0.25) is 0 Å². The monoisotopic (exact) mass is 449 g/mol. The first-order chi connectivity index (χ1) is 15.8. The van der Waals surface area contributed by atoms with E-state index in [0.29, 0.717) is 30.9 Å². The topological polar surface area (TPSA) is 79.0 Å². The molecule has 2 aromatic carbocycles. The number of carbonyl (C=O) groups excluding carboxylic acids is 3. The van der Waals surface area contributed by atoms with Gasteiger partial charge in [-0.15, -0.1) is 0 Å². The first-order valence-corrected chi connectivity index (χ1v) is 11.5. The highest BCUT2D eigenvalue weighted by Gasteiger charge is 2.47. The van der Waals surface area contributed by atoms with Gasteiger partial charge in [0.25, 0.3) is 0 Å². The van der Waals surface area contributed by atoms with E-state index in [1.54, 1.807) is 29.2 Å². The van der Waals surface area contributed by atoms with E-state index in [2.05, 4.69) is 10.2 Å². The van der Waals surface area contributed by atoms with Gasteiger partial charge in [0, 0.05) is 23.7 Å². The van der Waals surface area contributed by atoms with Crippen molar-refractivity contribution in [3.63, 3.8) is 0 Å². The maximum absolute atomic E-state index is 12.5. The van der Waals surface area contributed by atoms with Crippen molar-refractivity contribution in [2.75, 3.05) is 31.5 Å². The molecule has 174 valence electrons. The number of Topliss-reactive ketones (excluding diaryl/α,β-unsaturated/α-hetero) is 1. The number of cyclic esters (lactones) is 1. The summed E-state index contributed by atoms with van der Waals surface area (Å²) in [7, 11) is 0. The Morgan fingerprint density at radius 1 is 1.06 bits per heavy atom. The van der Waals surface area contributed by atoms with Crippen LogP contribution in [0.4, 0.5) is 10.5 Å². The summed E-state index contributed by atoms with van der Waals surface area (Å²) in [6.45, 7) is 6.58. The zero-order chi connectivity index (χ0) is 23.4. The highest BCUT2D eigenvalue weighted by Crippen LogP contribution is 2.36. The molecule has 4 rings (SSSR count). The molecule has 1 N–H and O–H groups in total. The number of amides is 2. The molecule has 7 nitrogen and oxygen atoms in total. The van der Waals surface area contributed by atoms with Crippen LogP contribution < -0.4 is 5.32 Å². The van der Waals surface area contributed by atoms with E-state index >= 15 is 0 Å². The molecule has 2 heterocycles. The third kappa shape index (κ3) is 5.60. The summed E-state index contributed by atoms with van der Waals surface area (Å²) >= 11 is 0. The van der Waals surface area contributed by atoms with E-state index in [1.807, 2.05) is 37.3 Å². The Hall–Kier alpha value is -3.19. The van der Waals surface area contributed by atoms with Crippen LogP contribution in [0.15, 0.2) is 54.6 Å². The van der Waals surface area contributed by atoms with E-state index < -0.39 is 5.60 Å². The van der Waals surface area contributed by atoms with Crippen LogP contribution in [0.1, 0.15) is 42.6 Å². The summed E-state index contributed by atoms with van der Waals surface area (Å²) in [5.41, 5.74) is 1.90. The van der Waals surface area contributed by atoms with E-state index in [1.165, 1.54) is 6.92 Å². The highest BCUT2D eigenvalue weighted by molar-refractivity contribution is 5.96. The molecular formula is C26H31N3O4. The van der Waals surface area contributed by atoms with Crippen LogP contribution in [0.25, 0.3) is 0 Å². The fraction of sp³-hybridized carbons (Fsp3) is 0.423. The smallest absolute Gasteiger partial charge is 0.410 e. The van der Waals surface area contributed by atoms with Crippen LogP contribution in [0, 0.1) is 5.92 Å². The SMILES string of the molecule is CC(=O)c1ccc(NC(=O)CN2CCC([C@]3(C)CN(Cc4ccccc4)C(=O)O3)CC2)cc1. The Balaban J connectivity index is 1.25. The van der Waals surface area contributed by atoms with Gasteiger partial charge in [-0.05, 0) is 69.6 Å². The van der Waals surface area contributed by atoms with Gasteiger partial charge in [0.2, 0.25) is 5.91 Å². The molecule has 2 saturated heterocycles. The van der Waals surface area contributed by atoms with Crippen LogP contribution in [0.5, 0.6) is 0 Å². The first-order valence-electron chi connectivity index (χ1n) is 11.5.